The Morgan fingerprint density at radius 3 is 2.75 bits per heavy atom. The van der Waals surface area contributed by atoms with Crippen molar-refractivity contribution in [3.8, 4) is 0 Å². The number of hydrogen-bond donors (Lipinski definition) is 1. The highest BCUT2D eigenvalue weighted by Gasteiger charge is 2.42. The minimum absolute atomic E-state index is 0.0456. The first-order chi connectivity index (χ1) is 11.6. The van der Waals surface area contributed by atoms with Gasteiger partial charge in [0.2, 0.25) is 5.91 Å². The van der Waals surface area contributed by atoms with Gasteiger partial charge in [-0.3, -0.25) is 9.69 Å². The summed E-state index contributed by atoms with van der Waals surface area (Å²) in [6.45, 7) is 4.88. The fourth-order valence-electron chi connectivity index (χ4n) is 4.34. The van der Waals surface area contributed by atoms with Gasteiger partial charge in [-0.05, 0) is 48.6 Å². The molecule has 2 aliphatic rings. The first-order valence-electron chi connectivity index (χ1n) is 8.74. The van der Waals surface area contributed by atoms with Crippen molar-refractivity contribution in [3.05, 3.63) is 29.8 Å². The zero-order chi connectivity index (χ0) is 17.1. The van der Waals surface area contributed by atoms with E-state index in [9.17, 15) is 4.79 Å². The minimum atomic E-state index is 0.0456. The molecule has 2 fully saturated rings. The molecule has 1 aliphatic carbocycles. The first-order valence-corrected chi connectivity index (χ1v) is 9.96. The monoisotopic (exact) mass is 348 g/mol. The Labute approximate surface area is 149 Å². The molecule has 0 aromatic heterocycles. The second kappa shape index (κ2) is 7.89. The second-order valence-electron chi connectivity index (χ2n) is 7.12. The van der Waals surface area contributed by atoms with Crippen molar-refractivity contribution in [2.75, 3.05) is 26.5 Å². The molecule has 1 saturated heterocycles. The minimum Gasteiger partial charge on any atom is -0.379 e. The van der Waals surface area contributed by atoms with Gasteiger partial charge in [0.15, 0.2) is 0 Å². The summed E-state index contributed by atoms with van der Waals surface area (Å²) < 4.78 is 5.66. The summed E-state index contributed by atoms with van der Waals surface area (Å²) in [5, 5.41) is 3.09. The number of nitrogens with zero attached hydrogens (tertiary/aromatic N) is 1. The van der Waals surface area contributed by atoms with Crippen molar-refractivity contribution in [1.82, 2.24) is 10.2 Å². The third kappa shape index (κ3) is 4.13. The molecular formula is C19H28N2O2S. The van der Waals surface area contributed by atoms with Crippen molar-refractivity contribution in [2.24, 2.45) is 11.8 Å². The van der Waals surface area contributed by atoms with Gasteiger partial charge in [-0.25, -0.2) is 0 Å². The van der Waals surface area contributed by atoms with E-state index in [0.29, 0.717) is 11.8 Å². The van der Waals surface area contributed by atoms with Crippen LogP contribution >= 0.6 is 11.8 Å². The SMILES string of the molecule is CO[C@@H]1C[C@H]2CN(Cc3cccc(SC)c3)C[C@H]2C[C@H]1NC(C)=O. The van der Waals surface area contributed by atoms with Crippen LogP contribution in [0.5, 0.6) is 0 Å². The quantitative estimate of drug-likeness (QED) is 0.831. The lowest BCUT2D eigenvalue weighted by Crippen LogP contribution is -2.49. The van der Waals surface area contributed by atoms with E-state index in [-0.39, 0.29) is 18.1 Å². The summed E-state index contributed by atoms with van der Waals surface area (Å²) in [6, 6.07) is 9.00. The molecule has 0 unspecified atom stereocenters. The number of ether oxygens (including phenoxy) is 1. The molecule has 1 aromatic rings. The van der Waals surface area contributed by atoms with Crippen LogP contribution in [0.15, 0.2) is 29.2 Å². The summed E-state index contributed by atoms with van der Waals surface area (Å²) >= 11 is 1.79. The second-order valence-corrected chi connectivity index (χ2v) is 8.00. The number of benzene rings is 1. The molecule has 1 heterocycles. The number of likely N-dealkylation sites (tertiary alicyclic amines) is 1. The normalized spacial score (nSPS) is 30.1. The summed E-state index contributed by atoms with van der Waals surface area (Å²) in [7, 11) is 1.76. The number of thioether (sulfide) groups is 1. The lowest BCUT2D eigenvalue weighted by Gasteiger charge is -2.37. The molecule has 1 amide bonds. The molecule has 1 aliphatic heterocycles. The fourth-order valence-corrected chi connectivity index (χ4v) is 4.83. The van der Waals surface area contributed by atoms with Crippen molar-refractivity contribution in [3.63, 3.8) is 0 Å². The number of hydrogen-bond acceptors (Lipinski definition) is 4. The molecule has 5 heteroatoms. The third-order valence-corrected chi connectivity index (χ3v) is 6.15. The summed E-state index contributed by atoms with van der Waals surface area (Å²) in [6.07, 6.45) is 4.35. The predicted octanol–water partition coefficient (Wildman–Crippen LogP) is 2.77. The maximum absolute atomic E-state index is 11.5. The van der Waals surface area contributed by atoms with E-state index in [0.717, 1.165) is 32.5 Å². The summed E-state index contributed by atoms with van der Waals surface area (Å²) in [5.41, 5.74) is 1.39. The van der Waals surface area contributed by atoms with Crippen LogP contribution in [0.4, 0.5) is 0 Å². The molecular weight excluding hydrogens is 320 g/mol. The Morgan fingerprint density at radius 2 is 2.08 bits per heavy atom. The number of carbonyl (C=O) groups is 1. The predicted molar refractivity (Wildman–Crippen MR) is 98.1 cm³/mol. The van der Waals surface area contributed by atoms with Gasteiger partial charge in [-0.2, -0.15) is 0 Å². The molecule has 1 saturated carbocycles. The number of nitrogens with one attached hydrogen (secondary N) is 1. The maximum Gasteiger partial charge on any atom is 0.217 e. The number of methoxy groups -OCH3 is 1. The molecule has 1 aromatic carbocycles. The van der Waals surface area contributed by atoms with Crippen molar-refractivity contribution in [2.45, 2.75) is 43.4 Å². The largest absolute Gasteiger partial charge is 0.379 e. The standard InChI is InChI=1S/C19H28N2O2S/c1-13(22)20-18-8-15-11-21(12-16(15)9-19(18)23-2)10-14-5-4-6-17(7-14)24-3/h4-7,15-16,18-19H,8-12H2,1-3H3,(H,20,22)/t15-,16+,18-,19-/m1/s1. The van der Waals surface area contributed by atoms with Gasteiger partial charge in [-0.15, -0.1) is 11.8 Å². The number of carbonyl (C=O) groups excluding carboxylic acids is 1. The highest BCUT2D eigenvalue weighted by Crippen LogP contribution is 2.38. The van der Waals surface area contributed by atoms with Crippen molar-refractivity contribution in [1.29, 1.82) is 0 Å². The van der Waals surface area contributed by atoms with E-state index in [1.165, 1.54) is 10.5 Å². The average Bonchev–Trinajstić information content (AvgIpc) is 2.94. The van der Waals surface area contributed by atoms with Crippen LogP contribution in [0.25, 0.3) is 0 Å². The highest BCUT2D eigenvalue weighted by molar-refractivity contribution is 7.98. The molecule has 4 nitrogen and oxygen atoms in total. The van der Waals surface area contributed by atoms with E-state index in [1.54, 1.807) is 25.8 Å². The zero-order valence-corrected chi connectivity index (χ0v) is 15.6. The van der Waals surface area contributed by atoms with Crippen LogP contribution in [-0.2, 0) is 16.1 Å². The molecule has 0 radical (unpaired) electrons. The average molecular weight is 349 g/mol. The van der Waals surface area contributed by atoms with Gasteiger partial charge in [0.25, 0.3) is 0 Å². The van der Waals surface area contributed by atoms with E-state index < -0.39 is 0 Å². The van der Waals surface area contributed by atoms with Gasteiger partial charge >= 0.3 is 0 Å². The topological polar surface area (TPSA) is 41.6 Å². The number of rotatable bonds is 5. The van der Waals surface area contributed by atoms with Crippen LogP contribution in [0.2, 0.25) is 0 Å². The summed E-state index contributed by atoms with van der Waals surface area (Å²) in [5.74, 6) is 1.39. The van der Waals surface area contributed by atoms with Crippen LogP contribution < -0.4 is 5.32 Å². The number of fused-ring (bicyclic) bond motifs is 1. The molecule has 1 N–H and O–H groups in total. The van der Waals surface area contributed by atoms with E-state index in [1.807, 2.05) is 0 Å². The van der Waals surface area contributed by atoms with E-state index in [4.69, 9.17) is 4.74 Å². The smallest absolute Gasteiger partial charge is 0.217 e. The lowest BCUT2D eigenvalue weighted by atomic mass is 9.77. The van der Waals surface area contributed by atoms with Gasteiger partial charge in [0.05, 0.1) is 12.1 Å². The molecule has 132 valence electrons. The van der Waals surface area contributed by atoms with Gasteiger partial charge < -0.3 is 10.1 Å². The van der Waals surface area contributed by atoms with Crippen molar-refractivity contribution < 1.29 is 9.53 Å². The zero-order valence-electron chi connectivity index (χ0n) is 14.8. The van der Waals surface area contributed by atoms with E-state index in [2.05, 4.69) is 40.7 Å². The van der Waals surface area contributed by atoms with Crippen LogP contribution in [0, 0.1) is 11.8 Å². The van der Waals surface area contributed by atoms with Gasteiger partial charge in [0.1, 0.15) is 0 Å². The van der Waals surface area contributed by atoms with Crippen LogP contribution in [0.1, 0.15) is 25.3 Å². The van der Waals surface area contributed by atoms with Crippen molar-refractivity contribution >= 4 is 17.7 Å². The Hall–Kier alpha value is -1.04. The van der Waals surface area contributed by atoms with Gasteiger partial charge in [-0.1, -0.05) is 12.1 Å². The van der Waals surface area contributed by atoms with Gasteiger partial charge in [0, 0.05) is 38.6 Å². The highest BCUT2D eigenvalue weighted by atomic mass is 32.2. The van der Waals surface area contributed by atoms with E-state index >= 15 is 0 Å². The van der Waals surface area contributed by atoms with Crippen LogP contribution in [-0.4, -0.2) is 49.4 Å². The lowest BCUT2D eigenvalue weighted by molar-refractivity contribution is -0.121. The molecule has 24 heavy (non-hydrogen) atoms. The Balaban J connectivity index is 1.62. The molecule has 0 spiro atoms. The molecule has 4 atom stereocenters. The Kier molecular flexibility index (Phi) is 5.85. The molecule has 0 bridgehead atoms. The maximum atomic E-state index is 11.5. The first kappa shape index (κ1) is 17.8. The number of amides is 1. The third-order valence-electron chi connectivity index (χ3n) is 5.42. The summed E-state index contributed by atoms with van der Waals surface area (Å²) in [4.78, 5) is 15.3. The Bertz CT molecular complexity index is 580. The molecule has 3 rings (SSSR count). The fraction of sp³-hybridized carbons (Fsp3) is 0.632. The van der Waals surface area contributed by atoms with Crippen LogP contribution in [0.3, 0.4) is 0 Å². The Morgan fingerprint density at radius 1 is 1.33 bits per heavy atom.